The summed E-state index contributed by atoms with van der Waals surface area (Å²) in [4.78, 5) is 18.7. The summed E-state index contributed by atoms with van der Waals surface area (Å²) in [5.74, 6) is 0.344. The van der Waals surface area contributed by atoms with Gasteiger partial charge in [-0.3, -0.25) is 4.79 Å². The van der Waals surface area contributed by atoms with Crippen LogP contribution in [0.3, 0.4) is 0 Å². The van der Waals surface area contributed by atoms with Gasteiger partial charge in [0.2, 0.25) is 5.88 Å². The number of carbonyl (C=O) groups excluding carboxylic acids is 1. The van der Waals surface area contributed by atoms with E-state index in [2.05, 4.69) is 4.98 Å². The lowest BCUT2D eigenvalue weighted by molar-refractivity contribution is -0.183. The summed E-state index contributed by atoms with van der Waals surface area (Å²) >= 11 is 0. The highest BCUT2D eigenvalue weighted by molar-refractivity contribution is 5.96. The fourth-order valence-corrected chi connectivity index (χ4v) is 3.67. The van der Waals surface area contributed by atoms with E-state index in [0.29, 0.717) is 24.5 Å². The molecule has 6 nitrogen and oxygen atoms in total. The molecule has 1 aromatic rings. The Morgan fingerprint density at radius 1 is 1.39 bits per heavy atom. The van der Waals surface area contributed by atoms with E-state index in [9.17, 15) is 4.79 Å². The lowest BCUT2D eigenvalue weighted by Crippen LogP contribution is -2.56. The highest BCUT2D eigenvalue weighted by atomic mass is 16.5. The Kier molecular flexibility index (Phi) is 4.82. The number of pyridine rings is 1. The van der Waals surface area contributed by atoms with Gasteiger partial charge < -0.3 is 19.1 Å². The van der Waals surface area contributed by atoms with Gasteiger partial charge in [-0.25, -0.2) is 4.98 Å². The van der Waals surface area contributed by atoms with Crippen LogP contribution >= 0.6 is 0 Å². The van der Waals surface area contributed by atoms with E-state index >= 15 is 0 Å². The van der Waals surface area contributed by atoms with Crippen LogP contribution in [0.4, 0.5) is 0 Å². The first-order valence-corrected chi connectivity index (χ1v) is 8.15. The molecule has 0 unspecified atom stereocenters. The fraction of sp³-hybridized carbons (Fsp3) is 0.647. The first-order valence-electron chi connectivity index (χ1n) is 8.15. The van der Waals surface area contributed by atoms with Crippen molar-refractivity contribution in [3.05, 3.63) is 23.9 Å². The highest BCUT2D eigenvalue weighted by Crippen LogP contribution is 2.37. The number of carbonyl (C=O) groups is 1. The number of aromatic nitrogens is 1. The summed E-state index contributed by atoms with van der Waals surface area (Å²) < 4.78 is 16.9. The lowest BCUT2D eigenvalue weighted by Gasteiger charge is -2.48. The summed E-state index contributed by atoms with van der Waals surface area (Å²) in [6.45, 7) is 2.11. The zero-order valence-electron chi connectivity index (χ0n) is 13.8. The Morgan fingerprint density at radius 3 is 2.87 bits per heavy atom. The van der Waals surface area contributed by atoms with Crippen LogP contribution in [0.15, 0.2) is 18.3 Å². The standard InChI is InChI=1S/C17H24N2O4/c1-21-14-6-4-12-23-17(14)7-10-19(11-8-17)16(20)13-5-3-9-18-15(13)22-2/h3,5,9,14H,4,6-8,10-12H2,1-2H3/t14-/m0/s1. The third-order valence-corrected chi connectivity index (χ3v) is 4.96. The molecule has 2 saturated heterocycles. The van der Waals surface area contributed by atoms with E-state index in [1.54, 1.807) is 25.4 Å². The van der Waals surface area contributed by atoms with Gasteiger partial charge in [-0.1, -0.05) is 0 Å². The number of hydrogen-bond donors (Lipinski definition) is 0. The summed E-state index contributed by atoms with van der Waals surface area (Å²) in [5.41, 5.74) is 0.279. The quantitative estimate of drug-likeness (QED) is 0.851. The molecule has 1 atom stereocenters. The first-order chi connectivity index (χ1) is 11.2. The molecule has 6 heteroatoms. The molecule has 0 bridgehead atoms. The number of nitrogens with zero attached hydrogens (tertiary/aromatic N) is 2. The van der Waals surface area contributed by atoms with Crippen molar-refractivity contribution in [3.63, 3.8) is 0 Å². The Bertz CT molecular complexity index is 555. The monoisotopic (exact) mass is 320 g/mol. The molecule has 0 radical (unpaired) electrons. The van der Waals surface area contributed by atoms with Gasteiger partial charge in [-0.15, -0.1) is 0 Å². The molecule has 2 aliphatic heterocycles. The summed E-state index contributed by atoms with van der Waals surface area (Å²) in [5, 5.41) is 0. The molecule has 126 valence electrons. The van der Waals surface area contributed by atoms with Crippen LogP contribution < -0.4 is 4.74 Å². The molecule has 0 aromatic carbocycles. The van der Waals surface area contributed by atoms with E-state index in [4.69, 9.17) is 14.2 Å². The van der Waals surface area contributed by atoms with Gasteiger partial charge in [0.1, 0.15) is 5.56 Å². The van der Waals surface area contributed by atoms with Crippen molar-refractivity contribution in [3.8, 4) is 5.88 Å². The van der Waals surface area contributed by atoms with Crippen molar-refractivity contribution in [2.75, 3.05) is 33.9 Å². The SMILES string of the molecule is COc1ncccc1C(=O)N1CCC2(CC1)OCCC[C@@H]2OC. The molecule has 1 spiro atoms. The summed E-state index contributed by atoms with van der Waals surface area (Å²) in [7, 11) is 3.28. The van der Waals surface area contributed by atoms with Crippen LogP contribution in [0.5, 0.6) is 5.88 Å². The zero-order valence-corrected chi connectivity index (χ0v) is 13.8. The molecule has 2 aliphatic rings. The van der Waals surface area contributed by atoms with Gasteiger partial charge in [0.05, 0.1) is 18.8 Å². The molecular weight excluding hydrogens is 296 g/mol. The number of piperidine rings is 1. The summed E-state index contributed by atoms with van der Waals surface area (Å²) in [6.07, 6.45) is 5.43. The van der Waals surface area contributed by atoms with Gasteiger partial charge >= 0.3 is 0 Å². The van der Waals surface area contributed by atoms with Crippen LogP contribution in [0.2, 0.25) is 0 Å². The van der Waals surface area contributed by atoms with Crippen LogP contribution in [-0.2, 0) is 9.47 Å². The van der Waals surface area contributed by atoms with Crippen molar-refractivity contribution in [2.24, 2.45) is 0 Å². The van der Waals surface area contributed by atoms with Gasteiger partial charge in [-0.05, 0) is 37.8 Å². The maximum Gasteiger partial charge on any atom is 0.259 e. The van der Waals surface area contributed by atoms with Crippen molar-refractivity contribution in [1.29, 1.82) is 0 Å². The molecule has 0 saturated carbocycles. The number of rotatable bonds is 3. The molecule has 23 heavy (non-hydrogen) atoms. The first kappa shape index (κ1) is 16.2. The van der Waals surface area contributed by atoms with Gasteiger partial charge in [0.15, 0.2) is 0 Å². The van der Waals surface area contributed by atoms with E-state index < -0.39 is 0 Å². The van der Waals surface area contributed by atoms with Crippen molar-refractivity contribution >= 4 is 5.91 Å². The maximum absolute atomic E-state index is 12.7. The average Bonchev–Trinajstić information content (AvgIpc) is 2.62. The van der Waals surface area contributed by atoms with E-state index in [1.807, 2.05) is 4.90 Å². The van der Waals surface area contributed by atoms with Crippen molar-refractivity contribution in [1.82, 2.24) is 9.88 Å². The predicted octanol–water partition coefficient (Wildman–Crippen LogP) is 1.89. The minimum absolute atomic E-state index is 0.0328. The predicted molar refractivity (Wildman–Crippen MR) is 84.6 cm³/mol. The highest BCUT2D eigenvalue weighted by Gasteiger charge is 2.45. The number of hydrogen-bond acceptors (Lipinski definition) is 5. The third-order valence-electron chi connectivity index (χ3n) is 4.96. The van der Waals surface area contributed by atoms with Crippen LogP contribution in [-0.4, -0.2) is 61.4 Å². The number of amides is 1. The third kappa shape index (κ3) is 3.05. The molecule has 3 rings (SSSR count). The van der Waals surface area contributed by atoms with Crippen LogP contribution in [0, 0.1) is 0 Å². The van der Waals surface area contributed by atoms with Gasteiger partial charge in [0, 0.05) is 33.0 Å². The smallest absolute Gasteiger partial charge is 0.259 e. The molecule has 1 aromatic heterocycles. The van der Waals surface area contributed by atoms with Crippen LogP contribution in [0.1, 0.15) is 36.0 Å². The normalized spacial score (nSPS) is 23.7. The second kappa shape index (κ2) is 6.84. The van der Waals surface area contributed by atoms with Gasteiger partial charge in [0.25, 0.3) is 5.91 Å². The Balaban J connectivity index is 1.70. The van der Waals surface area contributed by atoms with Crippen molar-refractivity contribution in [2.45, 2.75) is 37.4 Å². The second-order valence-corrected chi connectivity index (χ2v) is 6.13. The summed E-state index contributed by atoms with van der Waals surface area (Å²) in [6, 6.07) is 3.51. The Labute approximate surface area is 136 Å². The Morgan fingerprint density at radius 2 is 2.17 bits per heavy atom. The zero-order chi connectivity index (χ0) is 16.3. The minimum Gasteiger partial charge on any atom is -0.480 e. The average molecular weight is 320 g/mol. The molecule has 1 amide bonds. The number of methoxy groups -OCH3 is 2. The molecular formula is C17H24N2O4. The maximum atomic E-state index is 12.7. The van der Waals surface area contributed by atoms with E-state index in [1.165, 1.54) is 7.11 Å². The van der Waals surface area contributed by atoms with Crippen LogP contribution in [0.25, 0.3) is 0 Å². The number of ether oxygens (including phenoxy) is 3. The number of likely N-dealkylation sites (tertiary alicyclic amines) is 1. The largest absolute Gasteiger partial charge is 0.480 e. The fourth-order valence-electron chi connectivity index (χ4n) is 3.67. The minimum atomic E-state index is -0.233. The van der Waals surface area contributed by atoms with Gasteiger partial charge in [-0.2, -0.15) is 0 Å². The molecule has 2 fully saturated rings. The lowest BCUT2D eigenvalue weighted by atomic mass is 9.81. The second-order valence-electron chi connectivity index (χ2n) is 6.13. The van der Waals surface area contributed by atoms with E-state index in [0.717, 1.165) is 32.3 Å². The molecule has 0 aliphatic carbocycles. The molecule has 0 N–H and O–H groups in total. The van der Waals surface area contributed by atoms with Crippen molar-refractivity contribution < 1.29 is 19.0 Å². The Hall–Kier alpha value is -1.66. The topological polar surface area (TPSA) is 60.9 Å². The van der Waals surface area contributed by atoms with E-state index in [-0.39, 0.29) is 17.6 Å². The molecule has 3 heterocycles.